The second kappa shape index (κ2) is 8.75. The zero-order chi connectivity index (χ0) is 21.3. The lowest BCUT2D eigenvalue weighted by atomic mass is 9.96. The summed E-state index contributed by atoms with van der Waals surface area (Å²) in [6, 6.07) is 6.69. The summed E-state index contributed by atoms with van der Waals surface area (Å²) in [7, 11) is 0. The second-order valence-corrected chi connectivity index (χ2v) is 8.79. The first-order valence-corrected chi connectivity index (χ1v) is 11.5. The molecule has 30 heavy (non-hydrogen) atoms. The van der Waals surface area contributed by atoms with Crippen molar-refractivity contribution in [3.05, 3.63) is 52.0 Å². The van der Waals surface area contributed by atoms with Gasteiger partial charge >= 0.3 is 0 Å². The number of anilines is 1. The molecule has 0 spiro atoms. The van der Waals surface area contributed by atoms with E-state index in [4.69, 9.17) is 9.97 Å². The Balaban J connectivity index is 1.69. The van der Waals surface area contributed by atoms with Crippen LogP contribution in [0.25, 0.3) is 0 Å². The van der Waals surface area contributed by atoms with Crippen molar-refractivity contribution in [3.8, 4) is 0 Å². The molecule has 5 nitrogen and oxygen atoms in total. The number of hydrogen-bond donors (Lipinski definition) is 0. The molecule has 0 bridgehead atoms. The molecule has 5 heteroatoms. The van der Waals surface area contributed by atoms with Crippen molar-refractivity contribution in [2.45, 2.75) is 65.7 Å². The number of carbonyl (C=O) groups excluding carboxylic acids is 1. The van der Waals surface area contributed by atoms with Gasteiger partial charge in [0.2, 0.25) is 5.91 Å². The van der Waals surface area contributed by atoms with Crippen molar-refractivity contribution < 1.29 is 4.79 Å². The lowest BCUT2D eigenvalue weighted by Crippen LogP contribution is -2.49. The van der Waals surface area contributed by atoms with Crippen LogP contribution in [0.3, 0.4) is 0 Å². The molecule has 160 valence electrons. The van der Waals surface area contributed by atoms with Crippen molar-refractivity contribution in [1.29, 1.82) is 0 Å². The van der Waals surface area contributed by atoms with Gasteiger partial charge in [0, 0.05) is 56.2 Å². The summed E-state index contributed by atoms with van der Waals surface area (Å²) < 4.78 is 0. The van der Waals surface area contributed by atoms with Gasteiger partial charge < -0.3 is 9.80 Å². The first-order chi connectivity index (χ1) is 14.5. The molecule has 0 N–H and O–H groups in total. The van der Waals surface area contributed by atoms with Gasteiger partial charge in [0.15, 0.2) is 0 Å². The van der Waals surface area contributed by atoms with Gasteiger partial charge in [-0.3, -0.25) is 4.79 Å². The molecule has 1 aliphatic carbocycles. The smallest absolute Gasteiger partial charge is 0.222 e. The number of nitrogens with zero attached hydrogens (tertiary/aromatic N) is 4. The van der Waals surface area contributed by atoms with Crippen LogP contribution in [0.4, 0.5) is 5.82 Å². The minimum Gasteiger partial charge on any atom is -0.353 e. The highest BCUT2D eigenvalue weighted by molar-refractivity contribution is 5.76. The Morgan fingerprint density at radius 1 is 1.07 bits per heavy atom. The van der Waals surface area contributed by atoms with E-state index in [1.165, 1.54) is 40.8 Å². The van der Waals surface area contributed by atoms with Crippen LogP contribution in [-0.2, 0) is 17.6 Å². The summed E-state index contributed by atoms with van der Waals surface area (Å²) in [4.78, 5) is 26.6. The van der Waals surface area contributed by atoms with Crippen LogP contribution in [0.5, 0.6) is 0 Å². The number of amides is 1. The number of rotatable bonds is 6. The van der Waals surface area contributed by atoms with Gasteiger partial charge in [-0.05, 0) is 44.2 Å². The molecular weight excluding hydrogens is 372 g/mol. The van der Waals surface area contributed by atoms with Crippen LogP contribution in [0.1, 0.15) is 72.8 Å². The van der Waals surface area contributed by atoms with Crippen LogP contribution < -0.4 is 4.90 Å². The average molecular weight is 407 g/mol. The number of benzene rings is 1. The van der Waals surface area contributed by atoms with Gasteiger partial charge in [0.05, 0.1) is 0 Å². The maximum atomic E-state index is 12.1. The Morgan fingerprint density at radius 2 is 1.80 bits per heavy atom. The molecule has 1 aromatic carbocycles. The Hall–Kier alpha value is -2.43. The van der Waals surface area contributed by atoms with E-state index in [0.29, 0.717) is 12.3 Å². The monoisotopic (exact) mass is 406 g/mol. The van der Waals surface area contributed by atoms with E-state index in [9.17, 15) is 4.79 Å². The third-order valence-electron chi connectivity index (χ3n) is 6.47. The predicted molar refractivity (Wildman–Crippen MR) is 121 cm³/mol. The average Bonchev–Trinajstić information content (AvgIpc) is 3.61. The molecule has 2 fully saturated rings. The normalized spacial score (nSPS) is 16.8. The van der Waals surface area contributed by atoms with E-state index >= 15 is 0 Å². The van der Waals surface area contributed by atoms with Crippen molar-refractivity contribution in [2.24, 2.45) is 0 Å². The number of aromatic nitrogens is 2. The Kier molecular flexibility index (Phi) is 6.07. The lowest BCUT2D eigenvalue weighted by molar-refractivity contribution is -0.131. The molecule has 1 aromatic heterocycles. The molecule has 1 amide bonds. The van der Waals surface area contributed by atoms with Gasteiger partial charge in [-0.15, -0.1) is 0 Å². The fourth-order valence-corrected chi connectivity index (χ4v) is 4.37. The highest BCUT2D eigenvalue weighted by Gasteiger charge is 2.31. The molecule has 0 unspecified atom stereocenters. The minimum absolute atomic E-state index is 0.251. The highest BCUT2D eigenvalue weighted by atomic mass is 16.2. The second-order valence-electron chi connectivity index (χ2n) is 8.79. The third-order valence-corrected chi connectivity index (χ3v) is 6.47. The maximum absolute atomic E-state index is 12.1. The van der Waals surface area contributed by atoms with Gasteiger partial charge in [-0.1, -0.05) is 37.6 Å². The summed E-state index contributed by atoms with van der Waals surface area (Å²) in [5, 5.41) is 0. The topological polar surface area (TPSA) is 49.3 Å². The third kappa shape index (κ3) is 4.35. The molecule has 0 radical (unpaired) electrons. The zero-order valence-electron chi connectivity index (χ0n) is 18.9. The van der Waals surface area contributed by atoms with Crippen LogP contribution in [0.15, 0.2) is 18.2 Å². The first kappa shape index (κ1) is 20.8. The molecule has 2 aromatic rings. The van der Waals surface area contributed by atoms with Crippen LogP contribution in [0, 0.1) is 13.8 Å². The number of carbonyl (C=O) groups is 1. The molecule has 2 heterocycles. The standard InChI is InChI=1S/C25H34N4O/c1-5-22-21(16-20-15-17(3)7-8-18(20)4)25(27-24(26-22)19-9-10-19)29-13-11-28(12-14-29)23(30)6-2/h7-8,15,19H,5-6,9-14,16H2,1-4H3. The predicted octanol–water partition coefficient (Wildman–Crippen LogP) is 4.18. The van der Waals surface area contributed by atoms with Crippen LogP contribution in [0.2, 0.25) is 0 Å². The quantitative estimate of drug-likeness (QED) is 0.722. The molecule has 1 saturated carbocycles. The first-order valence-electron chi connectivity index (χ1n) is 11.5. The summed E-state index contributed by atoms with van der Waals surface area (Å²) in [6.45, 7) is 11.7. The number of hydrogen-bond acceptors (Lipinski definition) is 4. The Bertz CT molecular complexity index is 927. The molecule has 0 atom stereocenters. The molecule has 2 aliphatic rings. The van der Waals surface area contributed by atoms with E-state index in [0.717, 1.165) is 50.7 Å². The van der Waals surface area contributed by atoms with E-state index in [1.54, 1.807) is 0 Å². The summed E-state index contributed by atoms with van der Waals surface area (Å²) >= 11 is 0. The number of piperazine rings is 1. The van der Waals surface area contributed by atoms with Crippen LogP contribution in [-0.4, -0.2) is 47.0 Å². The lowest BCUT2D eigenvalue weighted by Gasteiger charge is -2.36. The number of aryl methyl sites for hydroxylation is 3. The van der Waals surface area contributed by atoms with Crippen molar-refractivity contribution in [1.82, 2.24) is 14.9 Å². The van der Waals surface area contributed by atoms with Gasteiger partial charge in [0.1, 0.15) is 11.6 Å². The summed E-state index contributed by atoms with van der Waals surface area (Å²) in [5.74, 6) is 2.92. The minimum atomic E-state index is 0.251. The van der Waals surface area contributed by atoms with E-state index in [-0.39, 0.29) is 5.91 Å². The molecule has 1 aliphatic heterocycles. The Labute approximate surface area is 180 Å². The SMILES string of the molecule is CCC(=O)N1CCN(c2nc(C3CC3)nc(CC)c2Cc2cc(C)ccc2C)CC1. The largest absolute Gasteiger partial charge is 0.353 e. The van der Waals surface area contributed by atoms with Gasteiger partial charge in [-0.2, -0.15) is 0 Å². The van der Waals surface area contributed by atoms with Gasteiger partial charge in [-0.25, -0.2) is 9.97 Å². The fraction of sp³-hybridized carbons (Fsp3) is 0.560. The van der Waals surface area contributed by atoms with Crippen molar-refractivity contribution in [2.75, 3.05) is 31.1 Å². The maximum Gasteiger partial charge on any atom is 0.222 e. The van der Waals surface area contributed by atoms with E-state index in [1.807, 2.05) is 11.8 Å². The summed E-state index contributed by atoms with van der Waals surface area (Å²) in [6.07, 6.45) is 4.78. The summed E-state index contributed by atoms with van der Waals surface area (Å²) in [5.41, 5.74) is 6.42. The fourth-order valence-electron chi connectivity index (χ4n) is 4.37. The molecule has 1 saturated heterocycles. The molecular formula is C25H34N4O. The van der Waals surface area contributed by atoms with E-state index < -0.39 is 0 Å². The molecule has 4 rings (SSSR count). The van der Waals surface area contributed by atoms with E-state index in [2.05, 4.69) is 43.9 Å². The van der Waals surface area contributed by atoms with Crippen LogP contribution >= 0.6 is 0 Å². The van der Waals surface area contributed by atoms with Gasteiger partial charge in [0.25, 0.3) is 0 Å². The van der Waals surface area contributed by atoms with Crippen molar-refractivity contribution >= 4 is 11.7 Å². The van der Waals surface area contributed by atoms with Crippen molar-refractivity contribution in [3.63, 3.8) is 0 Å². The Morgan fingerprint density at radius 3 is 2.43 bits per heavy atom. The highest BCUT2D eigenvalue weighted by Crippen LogP contribution is 2.40. The zero-order valence-corrected chi connectivity index (χ0v) is 18.9.